The number of carboxylic acid groups (broad SMARTS) is 1. The second-order valence-corrected chi connectivity index (χ2v) is 20.5. The van der Waals surface area contributed by atoms with E-state index < -0.39 is 18.1 Å². The molecule has 8 nitrogen and oxygen atoms in total. The van der Waals surface area contributed by atoms with Crippen LogP contribution in [-0.2, 0) is 28.6 Å². The molecule has 0 saturated heterocycles. The Labute approximate surface area is 409 Å². The Balaban J connectivity index is 4.13. The number of ether oxygens (including phenoxy) is 3. The van der Waals surface area contributed by atoms with E-state index in [0.717, 1.165) is 51.4 Å². The van der Waals surface area contributed by atoms with E-state index in [1.54, 1.807) is 0 Å². The molecule has 2 atom stereocenters. The maximum atomic E-state index is 12.8. The van der Waals surface area contributed by atoms with E-state index in [2.05, 4.69) is 38.2 Å². The first-order valence-electron chi connectivity index (χ1n) is 28.4. The van der Waals surface area contributed by atoms with Gasteiger partial charge in [0.1, 0.15) is 6.61 Å². The van der Waals surface area contributed by atoms with Gasteiger partial charge in [-0.3, -0.25) is 9.59 Å². The van der Waals surface area contributed by atoms with Gasteiger partial charge in [-0.1, -0.05) is 244 Å². The largest absolute Gasteiger partial charge is 0.477 e. The number of carboxylic acids is 1. The van der Waals surface area contributed by atoms with Gasteiger partial charge in [-0.2, -0.15) is 0 Å². The van der Waals surface area contributed by atoms with Crippen LogP contribution in [0.25, 0.3) is 0 Å². The SMILES string of the molecule is CC/C=C/C/C=C/CCCCCCCCCCCCCCCCC(=O)OCC(COCCC(C(=O)O)[N+](C)(C)C)OC(=O)CCCCCCCCCCCCCCCCCCCCCCC. The van der Waals surface area contributed by atoms with E-state index in [-0.39, 0.29) is 36.2 Å². The molecule has 0 amide bonds. The summed E-state index contributed by atoms with van der Waals surface area (Å²) >= 11 is 0. The number of rotatable bonds is 52. The zero-order valence-electron chi connectivity index (χ0n) is 44.4. The van der Waals surface area contributed by atoms with Gasteiger partial charge in [-0.05, 0) is 38.5 Å². The first-order valence-corrected chi connectivity index (χ1v) is 28.4. The van der Waals surface area contributed by atoms with E-state index >= 15 is 0 Å². The van der Waals surface area contributed by atoms with Crippen LogP contribution in [0.15, 0.2) is 24.3 Å². The molecular formula is C58H110NO7+. The Morgan fingerprint density at radius 3 is 1.24 bits per heavy atom. The smallest absolute Gasteiger partial charge is 0.362 e. The van der Waals surface area contributed by atoms with Crippen LogP contribution in [0.1, 0.15) is 277 Å². The van der Waals surface area contributed by atoms with Crippen molar-refractivity contribution in [1.82, 2.24) is 0 Å². The summed E-state index contributed by atoms with van der Waals surface area (Å²) in [5.74, 6) is -1.44. The fourth-order valence-corrected chi connectivity index (χ4v) is 8.78. The molecule has 0 saturated carbocycles. The number of carbonyl (C=O) groups is 3. The van der Waals surface area contributed by atoms with Gasteiger partial charge in [-0.25, -0.2) is 4.79 Å². The van der Waals surface area contributed by atoms with Crippen molar-refractivity contribution in [2.24, 2.45) is 0 Å². The van der Waals surface area contributed by atoms with Gasteiger partial charge in [0.05, 0.1) is 34.4 Å². The van der Waals surface area contributed by atoms with Crippen LogP contribution < -0.4 is 0 Å². The van der Waals surface area contributed by atoms with Crippen molar-refractivity contribution in [3.8, 4) is 0 Å². The predicted octanol–water partition coefficient (Wildman–Crippen LogP) is 16.8. The number of hydrogen-bond acceptors (Lipinski definition) is 6. The number of aliphatic carboxylic acids is 1. The highest BCUT2D eigenvalue weighted by atomic mass is 16.6. The predicted molar refractivity (Wildman–Crippen MR) is 280 cm³/mol. The molecule has 0 aliphatic rings. The Morgan fingerprint density at radius 1 is 0.470 bits per heavy atom. The Bertz CT molecular complexity index is 1130. The Kier molecular flexibility index (Phi) is 47.6. The highest BCUT2D eigenvalue weighted by molar-refractivity contribution is 5.72. The van der Waals surface area contributed by atoms with Gasteiger partial charge < -0.3 is 23.8 Å². The molecule has 8 heteroatoms. The summed E-state index contributed by atoms with van der Waals surface area (Å²) in [6, 6.07) is -0.612. The average Bonchev–Trinajstić information content (AvgIpc) is 3.28. The third kappa shape index (κ3) is 46.9. The van der Waals surface area contributed by atoms with Crippen molar-refractivity contribution in [1.29, 1.82) is 0 Å². The maximum Gasteiger partial charge on any atom is 0.362 e. The number of esters is 2. The number of unbranched alkanes of at least 4 members (excludes halogenated alkanes) is 34. The van der Waals surface area contributed by atoms with Crippen molar-refractivity contribution in [2.45, 2.75) is 289 Å². The third-order valence-electron chi connectivity index (χ3n) is 13.1. The van der Waals surface area contributed by atoms with Crippen molar-refractivity contribution in [2.75, 3.05) is 41.0 Å². The van der Waals surface area contributed by atoms with Gasteiger partial charge in [0.2, 0.25) is 0 Å². The molecule has 1 N–H and O–H groups in total. The van der Waals surface area contributed by atoms with E-state index in [1.165, 1.54) is 193 Å². The molecule has 66 heavy (non-hydrogen) atoms. The molecule has 0 aromatic carbocycles. The Morgan fingerprint density at radius 2 is 0.848 bits per heavy atom. The van der Waals surface area contributed by atoms with Crippen molar-refractivity contribution >= 4 is 17.9 Å². The van der Waals surface area contributed by atoms with E-state index in [0.29, 0.717) is 19.3 Å². The maximum absolute atomic E-state index is 12.8. The molecular weight excluding hydrogens is 823 g/mol. The van der Waals surface area contributed by atoms with Gasteiger partial charge >= 0.3 is 17.9 Å². The fraction of sp³-hybridized carbons (Fsp3) is 0.879. The zero-order chi connectivity index (χ0) is 48.4. The summed E-state index contributed by atoms with van der Waals surface area (Å²) in [4.78, 5) is 37.3. The van der Waals surface area contributed by atoms with Gasteiger partial charge in [0.15, 0.2) is 12.1 Å². The topological polar surface area (TPSA) is 99.1 Å². The number of allylic oxidation sites excluding steroid dienone is 4. The highest BCUT2D eigenvalue weighted by Gasteiger charge is 2.31. The zero-order valence-corrected chi connectivity index (χ0v) is 44.4. The van der Waals surface area contributed by atoms with E-state index in [9.17, 15) is 19.5 Å². The molecule has 0 aromatic rings. The van der Waals surface area contributed by atoms with Crippen LogP contribution in [-0.4, -0.2) is 80.6 Å². The van der Waals surface area contributed by atoms with Crippen LogP contribution in [0.4, 0.5) is 0 Å². The van der Waals surface area contributed by atoms with Gasteiger partial charge in [0.25, 0.3) is 0 Å². The second kappa shape index (κ2) is 49.2. The molecule has 0 aromatic heterocycles. The lowest BCUT2D eigenvalue weighted by Gasteiger charge is -2.31. The Hall–Kier alpha value is -2.19. The molecule has 0 bridgehead atoms. The summed E-state index contributed by atoms with van der Waals surface area (Å²) in [6.45, 7) is 4.70. The first kappa shape index (κ1) is 63.8. The van der Waals surface area contributed by atoms with Crippen LogP contribution >= 0.6 is 0 Å². The number of nitrogens with zero attached hydrogens (tertiary/aromatic N) is 1. The quantitative estimate of drug-likeness (QED) is 0.0281. The summed E-state index contributed by atoms with van der Waals surface area (Å²) in [5.41, 5.74) is 0. The van der Waals surface area contributed by atoms with Crippen molar-refractivity contribution < 1.29 is 38.2 Å². The van der Waals surface area contributed by atoms with Crippen LogP contribution in [0, 0.1) is 0 Å². The molecule has 0 rings (SSSR count). The van der Waals surface area contributed by atoms with Crippen LogP contribution in [0.5, 0.6) is 0 Å². The monoisotopic (exact) mass is 933 g/mol. The number of hydrogen-bond donors (Lipinski definition) is 1. The third-order valence-corrected chi connectivity index (χ3v) is 13.1. The normalized spacial score (nSPS) is 12.9. The summed E-state index contributed by atoms with van der Waals surface area (Å²) in [5, 5.41) is 9.67. The van der Waals surface area contributed by atoms with Crippen LogP contribution in [0.3, 0.4) is 0 Å². The molecule has 0 aliphatic carbocycles. The lowest BCUT2D eigenvalue weighted by molar-refractivity contribution is -0.887. The molecule has 0 radical (unpaired) electrons. The summed E-state index contributed by atoms with van der Waals surface area (Å²) in [7, 11) is 5.55. The van der Waals surface area contributed by atoms with Crippen molar-refractivity contribution in [3.63, 3.8) is 0 Å². The van der Waals surface area contributed by atoms with Crippen LogP contribution in [0.2, 0.25) is 0 Å². The average molecular weight is 934 g/mol. The molecule has 0 spiro atoms. The van der Waals surface area contributed by atoms with E-state index in [4.69, 9.17) is 14.2 Å². The van der Waals surface area contributed by atoms with E-state index in [1.807, 2.05) is 21.1 Å². The minimum Gasteiger partial charge on any atom is -0.477 e. The standard InChI is InChI=1S/C58H109NO7/c1-6-8-10-12-14-16-18-20-22-24-26-28-30-32-34-36-38-40-42-44-46-48-56(60)65-53-54(52-64-51-50-55(58(62)63)59(3,4)5)66-57(61)49-47-45-43-41-39-37-35-33-31-29-27-25-23-21-19-17-15-13-11-9-7-2/h8,10,14,16,54-55H,6-7,9,11-13,15,17-53H2,1-5H3/p+1/b10-8+,16-14+. The molecule has 0 heterocycles. The number of quaternary nitrogens is 1. The lowest BCUT2D eigenvalue weighted by Crippen LogP contribution is -2.50. The summed E-state index contributed by atoms with van der Waals surface area (Å²) in [6.07, 6.45) is 58.1. The highest BCUT2D eigenvalue weighted by Crippen LogP contribution is 2.18. The molecule has 2 unspecified atom stereocenters. The molecule has 388 valence electrons. The minimum absolute atomic E-state index is 0.0450. The lowest BCUT2D eigenvalue weighted by atomic mass is 10.0. The van der Waals surface area contributed by atoms with Gasteiger partial charge in [-0.15, -0.1) is 0 Å². The van der Waals surface area contributed by atoms with Crippen molar-refractivity contribution in [3.05, 3.63) is 24.3 Å². The first-order chi connectivity index (χ1) is 32.1. The second-order valence-electron chi connectivity index (χ2n) is 20.5. The number of likely N-dealkylation sites (N-methyl/N-ethyl adjacent to an activating group) is 1. The number of carbonyl (C=O) groups excluding carboxylic acids is 2. The summed E-state index contributed by atoms with van der Waals surface area (Å²) < 4.78 is 17.4. The minimum atomic E-state index is -0.870. The molecule has 0 aliphatic heterocycles. The molecule has 0 fully saturated rings. The fourth-order valence-electron chi connectivity index (χ4n) is 8.78. The van der Waals surface area contributed by atoms with Gasteiger partial charge in [0, 0.05) is 19.3 Å².